The summed E-state index contributed by atoms with van der Waals surface area (Å²) in [7, 11) is 1.89. The van der Waals surface area contributed by atoms with Crippen LogP contribution in [0.15, 0.2) is 49.1 Å². The Morgan fingerprint density at radius 3 is 2.59 bits per heavy atom. The molecule has 4 heterocycles. The Bertz CT molecular complexity index is 1310. The summed E-state index contributed by atoms with van der Waals surface area (Å²) in [5.41, 5.74) is 3.96. The maximum Gasteiger partial charge on any atom is 0.103 e. The lowest BCUT2D eigenvalue weighted by atomic mass is 9.74. The van der Waals surface area contributed by atoms with Gasteiger partial charge in [-0.3, -0.25) is 9.67 Å². The van der Waals surface area contributed by atoms with E-state index < -0.39 is 5.60 Å². The summed E-state index contributed by atoms with van der Waals surface area (Å²) in [6.45, 7) is 3.50. The number of aromatic nitrogens is 5. The number of piperidine rings is 1. The molecule has 3 atom stereocenters. The quantitative estimate of drug-likeness (QED) is 0.515. The average molecular weight is 449 g/mol. The summed E-state index contributed by atoms with van der Waals surface area (Å²) in [5, 5.41) is 22.4. The molecule has 1 saturated heterocycles. The van der Waals surface area contributed by atoms with Crippen LogP contribution >= 0.6 is 11.6 Å². The number of aliphatic hydroxyl groups is 1. The molecule has 1 aliphatic heterocycles. The van der Waals surface area contributed by atoms with Crippen molar-refractivity contribution in [3.05, 3.63) is 65.3 Å². The van der Waals surface area contributed by atoms with E-state index in [4.69, 9.17) is 11.6 Å². The van der Waals surface area contributed by atoms with Crippen LogP contribution in [0.2, 0.25) is 5.02 Å². The van der Waals surface area contributed by atoms with E-state index in [9.17, 15) is 5.11 Å². The van der Waals surface area contributed by atoms with Gasteiger partial charge in [-0.05, 0) is 38.0 Å². The molecule has 0 amide bonds. The van der Waals surface area contributed by atoms with Crippen LogP contribution in [0.1, 0.15) is 24.1 Å². The van der Waals surface area contributed by atoms with Crippen LogP contribution in [0.25, 0.3) is 16.6 Å². The number of pyridine rings is 1. The third-order valence-corrected chi connectivity index (χ3v) is 7.64. The van der Waals surface area contributed by atoms with Crippen molar-refractivity contribution in [1.29, 1.82) is 0 Å². The molecular weight excluding hydrogens is 424 g/mol. The van der Waals surface area contributed by atoms with Gasteiger partial charge in [-0.1, -0.05) is 17.7 Å². The van der Waals surface area contributed by atoms with Crippen molar-refractivity contribution in [1.82, 2.24) is 24.5 Å². The number of anilines is 1. The van der Waals surface area contributed by atoms with Crippen LogP contribution in [0.5, 0.6) is 0 Å². The molecule has 3 aromatic heterocycles. The van der Waals surface area contributed by atoms with E-state index in [0.29, 0.717) is 5.02 Å². The van der Waals surface area contributed by atoms with Crippen molar-refractivity contribution in [2.24, 2.45) is 18.9 Å². The van der Waals surface area contributed by atoms with E-state index >= 15 is 0 Å². The Kier molecular flexibility index (Phi) is 4.35. The third-order valence-electron chi connectivity index (χ3n) is 7.34. The molecule has 4 aromatic rings. The van der Waals surface area contributed by atoms with Gasteiger partial charge in [0.1, 0.15) is 11.3 Å². The molecule has 2 bridgehead atoms. The molecule has 32 heavy (non-hydrogen) atoms. The van der Waals surface area contributed by atoms with Gasteiger partial charge in [0.05, 0.1) is 34.8 Å². The fourth-order valence-electron chi connectivity index (χ4n) is 5.79. The Hall–Kier alpha value is -2.90. The van der Waals surface area contributed by atoms with Gasteiger partial charge in [-0.15, -0.1) is 0 Å². The molecule has 0 radical (unpaired) electrons. The van der Waals surface area contributed by atoms with E-state index in [2.05, 4.69) is 26.1 Å². The lowest BCUT2D eigenvalue weighted by Crippen LogP contribution is -2.52. The molecule has 2 fully saturated rings. The van der Waals surface area contributed by atoms with E-state index in [1.807, 2.05) is 49.2 Å². The first-order valence-corrected chi connectivity index (χ1v) is 11.4. The number of rotatable bonds is 3. The third kappa shape index (κ3) is 2.81. The number of halogens is 1. The normalized spacial score (nSPS) is 25.1. The van der Waals surface area contributed by atoms with Crippen LogP contribution in [0, 0.1) is 18.8 Å². The van der Waals surface area contributed by atoms with Gasteiger partial charge in [0, 0.05) is 54.8 Å². The standard InChI is InChI=1S/C24H25ClN6O/c1-15-20(4-3-7-26-15)24(32)17-5-6-18(24)13-30(12-17)23-9-22-16(8-21(23)25)10-28-31(22)19-11-27-29(2)14-19/h3-4,7-11,14,17-18,32H,5-6,12-13H2,1-2H3/t17-,18+,24?. The van der Waals surface area contributed by atoms with Crippen LogP contribution < -0.4 is 4.90 Å². The summed E-state index contributed by atoms with van der Waals surface area (Å²) in [5.74, 6) is 0.276. The molecule has 1 unspecified atom stereocenters. The summed E-state index contributed by atoms with van der Waals surface area (Å²) < 4.78 is 3.67. The van der Waals surface area contributed by atoms with Gasteiger partial charge in [0.25, 0.3) is 0 Å². The first-order chi connectivity index (χ1) is 15.4. The van der Waals surface area contributed by atoms with Crippen molar-refractivity contribution in [2.75, 3.05) is 18.0 Å². The van der Waals surface area contributed by atoms with Gasteiger partial charge in [0.2, 0.25) is 0 Å². The predicted octanol–water partition coefficient (Wildman–Crippen LogP) is 3.85. The number of fused-ring (bicyclic) bond motifs is 3. The minimum Gasteiger partial charge on any atom is -0.384 e. The molecular formula is C24H25ClN6O. The summed E-state index contributed by atoms with van der Waals surface area (Å²) in [6.07, 6.45) is 9.37. The topological polar surface area (TPSA) is 72.0 Å². The van der Waals surface area contributed by atoms with Crippen molar-refractivity contribution in [3.8, 4) is 5.69 Å². The van der Waals surface area contributed by atoms with Gasteiger partial charge in [0.15, 0.2) is 0 Å². The minimum absolute atomic E-state index is 0.138. The highest BCUT2D eigenvalue weighted by atomic mass is 35.5. The van der Waals surface area contributed by atoms with E-state index in [-0.39, 0.29) is 11.8 Å². The van der Waals surface area contributed by atoms with Crippen molar-refractivity contribution in [3.63, 3.8) is 0 Å². The van der Waals surface area contributed by atoms with Gasteiger partial charge in [-0.25, -0.2) is 4.68 Å². The zero-order valence-corrected chi connectivity index (χ0v) is 18.9. The van der Waals surface area contributed by atoms with Crippen LogP contribution in [-0.4, -0.2) is 42.7 Å². The lowest BCUT2D eigenvalue weighted by molar-refractivity contribution is -0.0516. The Balaban J connectivity index is 1.38. The monoisotopic (exact) mass is 448 g/mol. The second-order valence-electron chi connectivity index (χ2n) is 9.13. The first-order valence-electron chi connectivity index (χ1n) is 11.0. The number of nitrogens with zero attached hydrogens (tertiary/aromatic N) is 6. The van der Waals surface area contributed by atoms with Crippen LogP contribution in [-0.2, 0) is 12.6 Å². The lowest BCUT2D eigenvalue weighted by Gasteiger charge is -2.46. The number of hydrogen-bond donors (Lipinski definition) is 1. The minimum atomic E-state index is -0.830. The highest BCUT2D eigenvalue weighted by Gasteiger charge is 2.54. The van der Waals surface area contributed by atoms with Crippen LogP contribution in [0.4, 0.5) is 5.69 Å². The maximum absolute atomic E-state index is 11.9. The molecule has 8 heteroatoms. The smallest absolute Gasteiger partial charge is 0.103 e. The SMILES string of the molecule is Cc1ncccc1C1(O)[C@@H]2CC[C@H]1CN(c1cc3c(cnn3-c3cnn(C)c3)cc1Cl)C2. The van der Waals surface area contributed by atoms with Gasteiger partial charge in [-0.2, -0.15) is 10.2 Å². The van der Waals surface area contributed by atoms with E-state index in [1.54, 1.807) is 17.1 Å². The average Bonchev–Trinajstić information content (AvgIpc) is 3.41. The van der Waals surface area contributed by atoms with E-state index in [1.165, 1.54) is 0 Å². The molecule has 1 aliphatic carbocycles. The zero-order chi connectivity index (χ0) is 22.0. The molecule has 1 saturated carbocycles. The number of aryl methyl sites for hydroxylation is 2. The second-order valence-corrected chi connectivity index (χ2v) is 9.54. The largest absolute Gasteiger partial charge is 0.384 e. The van der Waals surface area contributed by atoms with Crippen molar-refractivity contribution in [2.45, 2.75) is 25.4 Å². The van der Waals surface area contributed by atoms with Crippen LogP contribution in [0.3, 0.4) is 0 Å². The highest BCUT2D eigenvalue weighted by Crippen LogP contribution is 2.53. The summed E-state index contributed by atoms with van der Waals surface area (Å²) in [4.78, 5) is 6.78. The molecule has 1 N–H and O–H groups in total. The first kappa shape index (κ1) is 19.8. The predicted molar refractivity (Wildman–Crippen MR) is 124 cm³/mol. The molecule has 0 spiro atoms. The van der Waals surface area contributed by atoms with Crippen molar-refractivity contribution < 1.29 is 5.11 Å². The fourth-order valence-corrected chi connectivity index (χ4v) is 6.08. The van der Waals surface area contributed by atoms with Gasteiger partial charge < -0.3 is 10.0 Å². The second kappa shape index (κ2) is 7.05. The van der Waals surface area contributed by atoms with E-state index in [0.717, 1.165) is 59.5 Å². The Morgan fingerprint density at radius 1 is 1.12 bits per heavy atom. The summed E-state index contributed by atoms with van der Waals surface area (Å²) >= 11 is 6.76. The highest BCUT2D eigenvalue weighted by molar-refractivity contribution is 6.34. The number of benzene rings is 1. The van der Waals surface area contributed by atoms with Gasteiger partial charge >= 0.3 is 0 Å². The molecule has 2 aliphatic rings. The molecule has 164 valence electrons. The number of hydrogen-bond acceptors (Lipinski definition) is 5. The molecule has 1 aromatic carbocycles. The fraction of sp³-hybridized carbons (Fsp3) is 0.375. The Labute approximate surface area is 191 Å². The molecule has 6 rings (SSSR count). The molecule has 7 nitrogen and oxygen atoms in total. The Morgan fingerprint density at radius 2 is 1.91 bits per heavy atom. The summed E-state index contributed by atoms with van der Waals surface area (Å²) in [6, 6.07) is 8.07. The zero-order valence-electron chi connectivity index (χ0n) is 18.1. The van der Waals surface area contributed by atoms with Crippen molar-refractivity contribution >= 4 is 28.2 Å². The maximum atomic E-state index is 11.9.